The molecule has 2 aromatic heterocycles. The summed E-state index contributed by atoms with van der Waals surface area (Å²) < 4.78 is 2.91. The van der Waals surface area contributed by atoms with E-state index in [-0.39, 0.29) is 0 Å². The Hall–Kier alpha value is -2.40. The van der Waals surface area contributed by atoms with Gasteiger partial charge in [-0.1, -0.05) is 23.4 Å². The van der Waals surface area contributed by atoms with Gasteiger partial charge in [0.1, 0.15) is 17.1 Å². The van der Waals surface area contributed by atoms with Crippen molar-refractivity contribution in [1.82, 2.24) is 19.9 Å². The van der Waals surface area contributed by atoms with Gasteiger partial charge in [-0.2, -0.15) is 0 Å². The SMILES string of the molecule is NC(=O)c1cc(C#CCNC[C@@H]2CC[C@H](n3ccc4c(Cl)ncnc43)C2)ccc1Br. The van der Waals surface area contributed by atoms with E-state index in [1.165, 1.54) is 6.33 Å². The number of rotatable bonds is 5. The number of hydrogen-bond donors (Lipinski definition) is 2. The molecule has 0 spiro atoms. The standard InChI is InChI=1S/C22H21BrClN5O/c23-19-6-4-14(11-18(19)21(25)30)2-1-8-26-12-15-3-5-16(10-15)29-9-7-17-20(24)27-13-28-22(17)29/h4,6-7,9,11,13,15-16,26H,3,5,8,10,12H2,(H2,25,30)/t15-,16+/m1/s1. The zero-order valence-corrected chi connectivity index (χ0v) is 18.6. The number of carbonyl (C=O) groups excluding carboxylic acids is 1. The number of primary amides is 1. The van der Waals surface area contributed by atoms with Gasteiger partial charge in [-0.15, -0.1) is 0 Å². The van der Waals surface area contributed by atoms with Crippen LogP contribution in [0.2, 0.25) is 5.15 Å². The molecule has 2 atom stereocenters. The molecule has 1 aromatic carbocycles. The van der Waals surface area contributed by atoms with Crippen LogP contribution < -0.4 is 11.1 Å². The van der Waals surface area contributed by atoms with E-state index in [4.69, 9.17) is 17.3 Å². The maximum Gasteiger partial charge on any atom is 0.249 e. The van der Waals surface area contributed by atoms with Gasteiger partial charge in [-0.3, -0.25) is 4.79 Å². The highest BCUT2D eigenvalue weighted by Gasteiger charge is 2.26. The van der Waals surface area contributed by atoms with Crippen molar-refractivity contribution in [2.75, 3.05) is 13.1 Å². The molecule has 0 saturated heterocycles. The first kappa shape index (κ1) is 20.9. The fourth-order valence-electron chi connectivity index (χ4n) is 4.00. The Morgan fingerprint density at radius 2 is 2.20 bits per heavy atom. The largest absolute Gasteiger partial charge is 0.366 e. The number of fused-ring (bicyclic) bond motifs is 1. The summed E-state index contributed by atoms with van der Waals surface area (Å²) >= 11 is 9.49. The van der Waals surface area contributed by atoms with Crippen LogP contribution in [0.1, 0.15) is 41.2 Å². The molecule has 8 heteroatoms. The van der Waals surface area contributed by atoms with Crippen molar-refractivity contribution < 1.29 is 4.79 Å². The van der Waals surface area contributed by atoms with E-state index in [0.29, 0.717) is 33.7 Å². The second-order valence-corrected chi connectivity index (χ2v) is 8.66. The molecule has 0 unspecified atom stereocenters. The summed E-state index contributed by atoms with van der Waals surface area (Å²) in [6.07, 6.45) is 6.97. The first-order chi connectivity index (χ1) is 14.5. The molecule has 3 N–H and O–H groups in total. The summed E-state index contributed by atoms with van der Waals surface area (Å²) in [5.74, 6) is 6.32. The Kier molecular flexibility index (Phi) is 6.38. The van der Waals surface area contributed by atoms with Crippen molar-refractivity contribution in [2.45, 2.75) is 25.3 Å². The number of carbonyl (C=O) groups is 1. The molecule has 30 heavy (non-hydrogen) atoms. The topological polar surface area (TPSA) is 85.8 Å². The molecule has 1 saturated carbocycles. The molecular formula is C22H21BrClN5O. The number of nitrogens with zero attached hydrogens (tertiary/aromatic N) is 3. The van der Waals surface area contributed by atoms with E-state index in [1.807, 2.05) is 12.1 Å². The second kappa shape index (κ2) is 9.17. The monoisotopic (exact) mass is 485 g/mol. The molecule has 1 aliphatic rings. The van der Waals surface area contributed by atoms with Crippen molar-refractivity contribution >= 4 is 44.5 Å². The Bertz CT molecular complexity index is 1150. The first-order valence-electron chi connectivity index (χ1n) is 9.79. The van der Waals surface area contributed by atoms with Gasteiger partial charge in [0.25, 0.3) is 0 Å². The predicted molar refractivity (Wildman–Crippen MR) is 121 cm³/mol. The Morgan fingerprint density at radius 1 is 1.33 bits per heavy atom. The zero-order chi connectivity index (χ0) is 21.1. The highest BCUT2D eigenvalue weighted by molar-refractivity contribution is 9.10. The predicted octanol–water partition coefficient (Wildman–Crippen LogP) is 3.93. The lowest BCUT2D eigenvalue weighted by molar-refractivity contribution is 0.0999. The van der Waals surface area contributed by atoms with Crippen molar-refractivity contribution in [2.24, 2.45) is 11.7 Å². The van der Waals surface area contributed by atoms with Gasteiger partial charge >= 0.3 is 0 Å². The zero-order valence-electron chi connectivity index (χ0n) is 16.2. The van der Waals surface area contributed by atoms with E-state index in [2.05, 4.69) is 53.8 Å². The number of aromatic nitrogens is 3. The van der Waals surface area contributed by atoms with E-state index < -0.39 is 5.91 Å². The minimum atomic E-state index is -0.469. The average Bonchev–Trinajstić information content (AvgIpc) is 3.36. The highest BCUT2D eigenvalue weighted by Crippen LogP contribution is 2.36. The average molecular weight is 487 g/mol. The van der Waals surface area contributed by atoms with Gasteiger partial charge in [0.15, 0.2) is 0 Å². The summed E-state index contributed by atoms with van der Waals surface area (Å²) in [5, 5.41) is 4.84. The van der Waals surface area contributed by atoms with Gasteiger partial charge < -0.3 is 15.6 Å². The van der Waals surface area contributed by atoms with Gasteiger partial charge in [0.2, 0.25) is 5.91 Å². The minimum absolute atomic E-state index is 0.432. The molecule has 1 aliphatic carbocycles. The maximum atomic E-state index is 11.4. The number of halogens is 2. The summed E-state index contributed by atoms with van der Waals surface area (Å²) in [7, 11) is 0. The molecule has 1 fully saturated rings. The van der Waals surface area contributed by atoms with E-state index in [9.17, 15) is 4.79 Å². The van der Waals surface area contributed by atoms with E-state index in [0.717, 1.165) is 42.4 Å². The number of amides is 1. The molecule has 0 bridgehead atoms. The summed E-state index contributed by atoms with van der Waals surface area (Å²) in [6.45, 7) is 1.52. The van der Waals surface area contributed by atoms with Crippen LogP contribution in [0.3, 0.4) is 0 Å². The molecule has 4 rings (SSSR count). The number of hydrogen-bond acceptors (Lipinski definition) is 4. The summed E-state index contributed by atoms with van der Waals surface area (Å²) in [5.41, 5.74) is 7.49. The molecular weight excluding hydrogens is 466 g/mol. The van der Waals surface area contributed by atoms with E-state index in [1.54, 1.807) is 12.1 Å². The van der Waals surface area contributed by atoms with Crippen LogP contribution in [0.4, 0.5) is 0 Å². The third kappa shape index (κ3) is 4.51. The van der Waals surface area contributed by atoms with Crippen molar-refractivity contribution in [3.05, 3.63) is 57.5 Å². The lowest BCUT2D eigenvalue weighted by atomic mass is 10.1. The van der Waals surface area contributed by atoms with Crippen LogP contribution in [-0.4, -0.2) is 33.5 Å². The molecule has 2 heterocycles. The molecule has 0 radical (unpaired) electrons. The number of nitrogens with two attached hydrogens (primary N) is 1. The van der Waals surface area contributed by atoms with Crippen LogP contribution >= 0.6 is 27.5 Å². The fraction of sp³-hybridized carbons (Fsp3) is 0.318. The normalized spacial score (nSPS) is 18.3. The Morgan fingerprint density at radius 3 is 3.03 bits per heavy atom. The lowest BCUT2D eigenvalue weighted by Gasteiger charge is -2.14. The maximum absolute atomic E-state index is 11.4. The lowest BCUT2D eigenvalue weighted by Crippen LogP contribution is -2.22. The first-order valence-corrected chi connectivity index (χ1v) is 11.0. The summed E-state index contributed by atoms with van der Waals surface area (Å²) in [6, 6.07) is 7.78. The van der Waals surface area contributed by atoms with Gasteiger partial charge in [0.05, 0.1) is 17.5 Å². The molecule has 3 aromatic rings. The van der Waals surface area contributed by atoms with Crippen molar-refractivity contribution in [3.8, 4) is 11.8 Å². The Balaban J connectivity index is 1.29. The van der Waals surface area contributed by atoms with Crippen LogP contribution in [-0.2, 0) is 0 Å². The van der Waals surface area contributed by atoms with Gasteiger partial charge in [-0.25, -0.2) is 9.97 Å². The second-order valence-electron chi connectivity index (χ2n) is 7.45. The molecule has 154 valence electrons. The van der Waals surface area contributed by atoms with Gasteiger partial charge in [0, 0.05) is 22.3 Å². The smallest absolute Gasteiger partial charge is 0.249 e. The molecule has 0 aliphatic heterocycles. The third-order valence-corrected chi connectivity index (χ3v) is 6.47. The molecule has 1 amide bonds. The third-order valence-electron chi connectivity index (χ3n) is 5.48. The van der Waals surface area contributed by atoms with Crippen molar-refractivity contribution in [3.63, 3.8) is 0 Å². The van der Waals surface area contributed by atoms with Gasteiger partial charge in [-0.05, 0) is 71.9 Å². The van der Waals surface area contributed by atoms with E-state index >= 15 is 0 Å². The summed E-state index contributed by atoms with van der Waals surface area (Å²) in [4.78, 5) is 19.9. The number of benzene rings is 1. The fourth-order valence-corrected chi connectivity index (χ4v) is 4.63. The Labute approximate surface area is 188 Å². The van der Waals surface area contributed by atoms with Crippen molar-refractivity contribution in [1.29, 1.82) is 0 Å². The van der Waals surface area contributed by atoms with Crippen LogP contribution in [0.5, 0.6) is 0 Å². The highest BCUT2D eigenvalue weighted by atomic mass is 79.9. The van der Waals surface area contributed by atoms with Crippen LogP contribution in [0.25, 0.3) is 11.0 Å². The quantitative estimate of drug-likeness (QED) is 0.325. The number of nitrogens with one attached hydrogen (secondary N) is 1. The minimum Gasteiger partial charge on any atom is -0.366 e. The van der Waals surface area contributed by atoms with Crippen LogP contribution in [0, 0.1) is 17.8 Å². The van der Waals surface area contributed by atoms with Crippen LogP contribution in [0.15, 0.2) is 41.3 Å². The molecule has 6 nitrogen and oxygen atoms in total.